The number of aliphatic imine (C=N–C) groups is 1. The molecule has 0 atom stereocenters. The summed E-state index contributed by atoms with van der Waals surface area (Å²) in [6.45, 7) is 0.763. The van der Waals surface area contributed by atoms with E-state index in [0.717, 1.165) is 18.0 Å². The Morgan fingerprint density at radius 3 is 3.11 bits per heavy atom. The molecule has 1 aliphatic rings. The molecule has 1 N–H and O–H groups in total. The Morgan fingerprint density at radius 1 is 1.42 bits per heavy atom. The van der Waals surface area contributed by atoms with Crippen molar-refractivity contribution in [3.8, 4) is 5.69 Å². The lowest BCUT2D eigenvalue weighted by molar-refractivity contribution is 0.0978. The van der Waals surface area contributed by atoms with E-state index in [1.54, 1.807) is 34.9 Å². The lowest BCUT2D eigenvalue weighted by Gasteiger charge is -2.06. The van der Waals surface area contributed by atoms with Gasteiger partial charge in [0.15, 0.2) is 5.17 Å². The number of aromatic nitrogens is 3. The van der Waals surface area contributed by atoms with E-state index in [4.69, 9.17) is 0 Å². The van der Waals surface area contributed by atoms with E-state index >= 15 is 0 Å². The van der Waals surface area contributed by atoms with Gasteiger partial charge in [0.1, 0.15) is 12.7 Å². The van der Waals surface area contributed by atoms with Crippen molar-refractivity contribution < 1.29 is 4.79 Å². The van der Waals surface area contributed by atoms with Crippen molar-refractivity contribution in [2.75, 3.05) is 12.3 Å². The molecular weight excluding hydrogens is 262 g/mol. The molecule has 0 radical (unpaired) electrons. The van der Waals surface area contributed by atoms with Gasteiger partial charge in [0.2, 0.25) is 0 Å². The highest BCUT2D eigenvalue weighted by molar-refractivity contribution is 8.14. The van der Waals surface area contributed by atoms with Gasteiger partial charge in [-0.3, -0.25) is 9.79 Å². The topological polar surface area (TPSA) is 72.2 Å². The van der Waals surface area contributed by atoms with Crippen molar-refractivity contribution in [1.82, 2.24) is 20.1 Å². The summed E-state index contributed by atoms with van der Waals surface area (Å²) in [5, 5.41) is 7.52. The average molecular weight is 273 g/mol. The summed E-state index contributed by atoms with van der Waals surface area (Å²) in [5.74, 6) is 0.768. The van der Waals surface area contributed by atoms with Gasteiger partial charge in [0, 0.05) is 11.3 Å². The highest BCUT2D eigenvalue weighted by Crippen LogP contribution is 2.12. The quantitative estimate of drug-likeness (QED) is 0.889. The molecule has 7 heteroatoms. The van der Waals surface area contributed by atoms with Crippen LogP contribution in [-0.4, -0.2) is 38.1 Å². The van der Waals surface area contributed by atoms with E-state index < -0.39 is 0 Å². The fourth-order valence-electron chi connectivity index (χ4n) is 1.71. The summed E-state index contributed by atoms with van der Waals surface area (Å²) < 4.78 is 1.61. The van der Waals surface area contributed by atoms with Crippen LogP contribution in [0.25, 0.3) is 5.69 Å². The summed E-state index contributed by atoms with van der Waals surface area (Å²) >= 11 is 1.56. The number of carbonyl (C=O) groups excluding carboxylic acids is 1. The number of hydrogen-bond donors (Lipinski definition) is 1. The summed E-state index contributed by atoms with van der Waals surface area (Å²) in [5.41, 5.74) is 1.37. The number of carbonyl (C=O) groups is 1. The lowest BCUT2D eigenvalue weighted by Crippen LogP contribution is -2.27. The zero-order valence-electron chi connectivity index (χ0n) is 9.98. The SMILES string of the molecule is O=C(NC1=NCCS1)c1cccc(-n2cncn2)c1. The molecule has 0 saturated heterocycles. The molecule has 3 rings (SSSR count). The molecular formula is C12H11N5OS. The fraction of sp³-hybridized carbons (Fsp3) is 0.167. The van der Waals surface area contributed by atoms with Crippen molar-refractivity contribution in [3.63, 3.8) is 0 Å². The van der Waals surface area contributed by atoms with Crippen LogP contribution in [0.5, 0.6) is 0 Å². The molecule has 1 amide bonds. The van der Waals surface area contributed by atoms with Gasteiger partial charge in [-0.05, 0) is 18.2 Å². The molecule has 1 aromatic carbocycles. The first-order valence-electron chi connectivity index (χ1n) is 5.76. The maximum atomic E-state index is 12.1. The van der Waals surface area contributed by atoms with Crippen molar-refractivity contribution in [3.05, 3.63) is 42.5 Å². The Hall–Kier alpha value is -2.15. The van der Waals surface area contributed by atoms with Crippen LogP contribution in [0.1, 0.15) is 10.4 Å². The third kappa shape index (κ3) is 2.65. The van der Waals surface area contributed by atoms with Crippen molar-refractivity contribution >= 4 is 22.8 Å². The molecule has 1 aromatic heterocycles. The van der Waals surface area contributed by atoms with Gasteiger partial charge in [-0.2, -0.15) is 5.10 Å². The summed E-state index contributed by atoms with van der Waals surface area (Å²) in [7, 11) is 0. The van der Waals surface area contributed by atoms with Crippen LogP contribution in [0.15, 0.2) is 41.9 Å². The fourth-order valence-corrected chi connectivity index (χ4v) is 2.43. The minimum Gasteiger partial charge on any atom is -0.301 e. The van der Waals surface area contributed by atoms with Gasteiger partial charge in [-0.1, -0.05) is 17.8 Å². The van der Waals surface area contributed by atoms with Crippen molar-refractivity contribution in [1.29, 1.82) is 0 Å². The van der Waals surface area contributed by atoms with E-state index in [9.17, 15) is 4.79 Å². The molecule has 1 aliphatic heterocycles. The van der Waals surface area contributed by atoms with Gasteiger partial charge >= 0.3 is 0 Å². The predicted molar refractivity (Wildman–Crippen MR) is 73.6 cm³/mol. The van der Waals surface area contributed by atoms with Crippen molar-refractivity contribution in [2.24, 2.45) is 4.99 Å². The van der Waals surface area contributed by atoms with Crippen molar-refractivity contribution in [2.45, 2.75) is 0 Å². The van der Waals surface area contributed by atoms with Gasteiger partial charge in [0.05, 0.1) is 12.2 Å². The number of amidine groups is 1. The highest BCUT2D eigenvalue weighted by Gasteiger charge is 2.13. The number of amides is 1. The third-order valence-corrected chi connectivity index (χ3v) is 3.49. The minimum absolute atomic E-state index is 0.157. The van der Waals surface area contributed by atoms with E-state index in [1.165, 1.54) is 6.33 Å². The smallest absolute Gasteiger partial charge is 0.257 e. The van der Waals surface area contributed by atoms with Crippen LogP contribution in [0.3, 0.4) is 0 Å². The standard InChI is InChI=1S/C12H11N5OS/c18-11(16-12-14-4-5-19-12)9-2-1-3-10(6-9)17-8-13-7-15-17/h1-3,6-8H,4-5H2,(H,14,16,18). The van der Waals surface area contributed by atoms with Crippen LogP contribution in [0, 0.1) is 0 Å². The summed E-state index contributed by atoms with van der Waals surface area (Å²) in [4.78, 5) is 20.2. The van der Waals surface area contributed by atoms with Crippen LogP contribution in [-0.2, 0) is 0 Å². The first-order chi connectivity index (χ1) is 9.33. The van der Waals surface area contributed by atoms with E-state index in [0.29, 0.717) is 10.7 Å². The maximum Gasteiger partial charge on any atom is 0.257 e. The Kier molecular flexibility index (Phi) is 3.28. The average Bonchev–Trinajstić information content (AvgIpc) is 3.12. The first-order valence-corrected chi connectivity index (χ1v) is 6.75. The number of hydrogen-bond acceptors (Lipinski definition) is 5. The molecule has 96 valence electrons. The van der Waals surface area contributed by atoms with E-state index in [-0.39, 0.29) is 5.91 Å². The molecule has 19 heavy (non-hydrogen) atoms. The summed E-state index contributed by atoms with van der Waals surface area (Å²) in [6.07, 6.45) is 3.05. The predicted octanol–water partition coefficient (Wildman–Crippen LogP) is 1.10. The number of nitrogens with one attached hydrogen (secondary N) is 1. The largest absolute Gasteiger partial charge is 0.301 e. The van der Waals surface area contributed by atoms with Crippen LogP contribution in [0.4, 0.5) is 0 Å². The minimum atomic E-state index is -0.157. The second-order valence-electron chi connectivity index (χ2n) is 3.88. The number of benzene rings is 1. The monoisotopic (exact) mass is 273 g/mol. The summed E-state index contributed by atoms with van der Waals surface area (Å²) in [6, 6.07) is 7.21. The molecule has 0 bridgehead atoms. The van der Waals surface area contributed by atoms with Gasteiger partial charge in [0.25, 0.3) is 5.91 Å². The van der Waals surface area contributed by atoms with Gasteiger partial charge in [-0.25, -0.2) is 9.67 Å². The number of thioether (sulfide) groups is 1. The second-order valence-corrected chi connectivity index (χ2v) is 4.96. The molecule has 6 nitrogen and oxygen atoms in total. The van der Waals surface area contributed by atoms with Gasteiger partial charge < -0.3 is 5.32 Å². The molecule has 2 aromatic rings. The van der Waals surface area contributed by atoms with Crippen LogP contribution >= 0.6 is 11.8 Å². The molecule has 0 saturated carbocycles. The molecule has 0 aliphatic carbocycles. The maximum absolute atomic E-state index is 12.1. The molecule has 2 heterocycles. The molecule has 0 spiro atoms. The number of nitrogens with zero attached hydrogens (tertiary/aromatic N) is 4. The second kappa shape index (κ2) is 5.23. The Morgan fingerprint density at radius 2 is 2.37 bits per heavy atom. The lowest BCUT2D eigenvalue weighted by atomic mass is 10.2. The number of rotatable bonds is 2. The van der Waals surface area contributed by atoms with E-state index in [1.807, 2.05) is 12.1 Å². The highest BCUT2D eigenvalue weighted by atomic mass is 32.2. The normalized spacial score (nSPS) is 14.2. The van der Waals surface area contributed by atoms with Crippen LogP contribution < -0.4 is 5.32 Å². The van der Waals surface area contributed by atoms with E-state index in [2.05, 4.69) is 20.4 Å². The molecule has 0 unspecified atom stereocenters. The zero-order chi connectivity index (χ0) is 13.1. The van der Waals surface area contributed by atoms with Crippen LogP contribution in [0.2, 0.25) is 0 Å². The molecule has 0 fully saturated rings. The third-order valence-electron chi connectivity index (χ3n) is 2.60. The zero-order valence-corrected chi connectivity index (χ0v) is 10.8. The Labute approximate surface area is 113 Å². The Balaban J connectivity index is 1.81. The Bertz CT molecular complexity index is 623. The first kappa shape index (κ1) is 11.9. The van der Waals surface area contributed by atoms with Gasteiger partial charge in [-0.15, -0.1) is 0 Å².